The number of benzene rings is 1. The third-order valence-electron chi connectivity index (χ3n) is 7.50. The highest BCUT2D eigenvalue weighted by Crippen LogP contribution is 2.28. The Bertz CT molecular complexity index is 1220. The van der Waals surface area contributed by atoms with Gasteiger partial charge >= 0.3 is 0 Å². The molecule has 1 aromatic carbocycles. The van der Waals surface area contributed by atoms with Crippen LogP contribution in [0.1, 0.15) is 57.8 Å². The Labute approximate surface area is 241 Å². The topological polar surface area (TPSA) is 197 Å². The van der Waals surface area contributed by atoms with Gasteiger partial charge in [0.1, 0.15) is 17.5 Å². The van der Waals surface area contributed by atoms with Crippen LogP contribution in [0, 0.1) is 11.8 Å². The summed E-state index contributed by atoms with van der Waals surface area (Å²) >= 11 is 0. The second kappa shape index (κ2) is 15.1. The average molecular weight is 620 g/mol. The van der Waals surface area contributed by atoms with Gasteiger partial charge in [0.2, 0.25) is 27.3 Å². The van der Waals surface area contributed by atoms with E-state index in [0.29, 0.717) is 24.5 Å². The number of aliphatic hydroxyl groups excluding tert-OH is 1. The first kappa shape index (κ1) is 33.0. The number of aliphatic hydroxyl groups is 1. The SMILES string of the molecule is COc1ccc(OCCCS(=O)(=O)NC(CC2CCCCC2)C(=O)NC(CC2CCNC2=O)C(O)S(=O)(=O)O)cc1. The number of nitrogens with one attached hydrogen (secondary N) is 3. The third kappa shape index (κ3) is 10.7. The van der Waals surface area contributed by atoms with E-state index in [1.807, 2.05) is 0 Å². The van der Waals surface area contributed by atoms with E-state index in [1.54, 1.807) is 31.4 Å². The molecule has 1 aliphatic carbocycles. The number of hydrogen-bond acceptors (Lipinski definition) is 9. The van der Waals surface area contributed by atoms with Crippen molar-refractivity contribution >= 4 is 32.0 Å². The normalized spacial score (nSPS) is 20.6. The van der Waals surface area contributed by atoms with E-state index in [0.717, 1.165) is 32.1 Å². The maximum Gasteiger partial charge on any atom is 0.294 e. The summed E-state index contributed by atoms with van der Waals surface area (Å²) in [5.41, 5.74) is -2.39. The molecule has 1 saturated heterocycles. The minimum atomic E-state index is -4.99. The largest absolute Gasteiger partial charge is 0.497 e. The van der Waals surface area contributed by atoms with Crippen LogP contribution in [0.15, 0.2) is 24.3 Å². The zero-order chi connectivity index (χ0) is 30.0. The molecule has 2 amide bonds. The molecule has 0 bridgehead atoms. The third-order valence-corrected chi connectivity index (χ3v) is 9.90. The molecule has 4 atom stereocenters. The summed E-state index contributed by atoms with van der Waals surface area (Å²) in [6.07, 6.45) is 5.04. The number of methoxy groups -OCH3 is 1. The molecule has 0 radical (unpaired) electrons. The summed E-state index contributed by atoms with van der Waals surface area (Å²) in [7, 11) is -7.41. The summed E-state index contributed by atoms with van der Waals surface area (Å²) in [5.74, 6) is -0.920. The van der Waals surface area contributed by atoms with E-state index in [2.05, 4.69) is 15.4 Å². The molecule has 232 valence electrons. The number of carbonyl (C=O) groups is 2. The Hall–Kier alpha value is -2.46. The highest BCUT2D eigenvalue weighted by Gasteiger charge is 2.38. The Balaban J connectivity index is 1.66. The van der Waals surface area contributed by atoms with E-state index in [4.69, 9.17) is 9.47 Å². The van der Waals surface area contributed by atoms with Crippen LogP contribution in [-0.4, -0.2) is 81.8 Å². The van der Waals surface area contributed by atoms with Gasteiger partial charge in [-0.25, -0.2) is 13.1 Å². The predicted molar refractivity (Wildman–Crippen MR) is 150 cm³/mol. The zero-order valence-electron chi connectivity index (χ0n) is 23.2. The van der Waals surface area contributed by atoms with Gasteiger partial charge in [-0.05, 0) is 55.9 Å². The van der Waals surface area contributed by atoms with Crippen LogP contribution < -0.4 is 24.8 Å². The summed E-state index contributed by atoms with van der Waals surface area (Å²) < 4.78 is 72.0. The van der Waals surface area contributed by atoms with Crippen molar-refractivity contribution in [1.29, 1.82) is 0 Å². The molecule has 0 spiro atoms. The number of carbonyl (C=O) groups excluding carboxylic acids is 2. The van der Waals surface area contributed by atoms with E-state index < -0.39 is 49.5 Å². The minimum Gasteiger partial charge on any atom is -0.497 e. The average Bonchev–Trinajstić information content (AvgIpc) is 3.34. The molecule has 2 fully saturated rings. The van der Waals surface area contributed by atoms with Crippen LogP contribution in [0.3, 0.4) is 0 Å². The summed E-state index contributed by atoms with van der Waals surface area (Å²) in [6.45, 7) is 0.469. The maximum atomic E-state index is 13.4. The molecule has 1 aromatic rings. The molecule has 4 unspecified atom stereocenters. The van der Waals surface area contributed by atoms with E-state index >= 15 is 0 Å². The summed E-state index contributed by atoms with van der Waals surface area (Å²) in [6, 6.07) is 4.06. The Morgan fingerprint density at radius 1 is 1.05 bits per heavy atom. The minimum absolute atomic E-state index is 0.0752. The quantitative estimate of drug-likeness (QED) is 0.131. The van der Waals surface area contributed by atoms with Crippen molar-refractivity contribution in [3.05, 3.63) is 24.3 Å². The predicted octanol–water partition coefficient (Wildman–Crippen LogP) is 0.940. The van der Waals surface area contributed by atoms with Crippen molar-refractivity contribution in [2.24, 2.45) is 11.8 Å². The van der Waals surface area contributed by atoms with Crippen LogP contribution in [0.5, 0.6) is 11.5 Å². The first-order valence-corrected chi connectivity index (χ1v) is 17.0. The fraction of sp³-hybridized carbons (Fsp3) is 0.692. The fourth-order valence-corrected chi connectivity index (χ4v) is 7.11. The van der Waals surface area contributed by atoms with Crippen LogP contribution >= 0.6 is 0 Å². The molecule has 41 heavy (non-hydrogen) atoms. The zero-order valence-corrected chi connectivity index (χ0v) is 24.8. The highest BCUT2D eigenvalue weighted by molar-refractivity contribution is 7.89. The van der Waals surface area contributed by atoms with Crippen LogP contribution in [-0.2, 0) is 29.7 Å². The molecule has 0 aromatic heterocycles. The number of sulfonamides is 1. The van der Waals surface area contributed by atoms with Gasteiger partial charge in [-0.15, -0.1) is 0 Å². The van der Waals surface area contributed by atoms with Gasteiger partial charge in [0.25, 0.3) is 10.1 Å². The van der Waals surface area contributed by atoms with Crippen molar-refractivity contribution in [3.63, 3.8) is 0 Å². The van der Waals surface area contributed by atoms with Crippen molar-refractivity contribution in [2.45, 2.75) is 75.3 Å². The van der Waals surface area contributed by atoms with Crippen molar-refractivity contribution in [3.8, 4) is 11.5 Å². The molecule has 15 heteroatoms. The number of ether oxygens (including phenoxy) is 2. The lowest BCUT2D eigenvalue weighted by Gasteiger charge is -2.29. The van der Waals surface area contributed by atoms with Crippen molar-refractivity contribution in [1.82, 2.24) is 15.4 Å². The maximum absolute atomic E-state index is 13.4. The molecular weight excluding hydrogens is 578 g/mol. The van der Waals surface area contributed by atoms with Crippen LogP contribution in [0.4, 0.5) is 0 Å². The van der Waals surface area contributed by atoms with Crippen molar-refractivity contribution < 1.29 is 45.6 Å². The molecule has 1 saturated carbocycles. The van der Waals surface area contributed by atoms with Crippen LogP contribution in [0.2, 0.25) is 0 Å². The summed E-state index contributed by atoms with van der Waals surface area (Å²) in [5, 5.41) is 15.3. The molecule has 3 rings (SSSR count). The lowest BCUT2D eigenvalue weighted by Crippen LogP contribution is -2.55. The van der Waals surface area contributed by atoms with Crippen molar-refractivity contribution in [2.75, 3.05) is 26.0 Å². The Morgan fingerprint density at radius 3 is 2.29 bits per heavy atom. The molecule has 13 nitrogen and oxygen atoms in total. The monoisotopic (exact) mass is 619 g/mol. The van der Waals surface area contributed by atoms with E-state index in [-0.39, 0.29) is 43.4 Å². The second-order valence-corrected chi connectivity index (χ2v) is 14.0. The van der Waals surface area contributed by atoms with Crippen LogP contribution in [0.25, 0.3) is 0 Å². The molecule has 2 aliphatic rings. The lowest BCUT2D eigenvalue weighted by atomic mass is 9.85. The number of rotatable bonds is 16. The first-order chi connectivity index (χ1) is 19.4. The second-order valence-electron chi connectivity index (χ2n) is 10.6. The molecule has 1 aliphatic heterocycles. The number of amides is 2. The number of hydrogen-bond donors (Lipinski definition) is 5. The first-order valence-electron chi connectivity index (χ1n) is 13.9. The Morgan fingerprint density at radius 2 is 1.71 bits per heavy atom. The standard InChI is InChI=1S/C26H41N3O10S2/c1-38-20-8-10-21(11-9-20)39-14-5-15-40(33,34)29-22(16-18-6-3-2-4-7-18)25(31)28-23(26(32)41(35,36)37)17-19-12-13-27-24(19)30/h8-11,18-19,22-23,26,29,32H,2-7,12-17H2,1H3,(H,27,30)(H,28,31)(H,35,36,37). The van der Waals surface area contributed by atoms with Gasteiger partial charge < -0.3 is 25.2 Å². The van der Waals surface area contributed by atoms with Gasteiger partial charge in [-0.1, -0.05) is 32.1 Å². The Kier molecular flexibility index (Phi) is 12.2. The van der Waals surface area contributed by atoms with Gasteiger partial charge in [0.05, 0.1) is 25.5 Å². The van der Waals surface area contributed by atoms with E-state index in [9.17, 15) is 36.1 Å². The molecule has 5 N–H and O–H groups in total. The molecular formula is C26H41N3O10S2. The van der Waals surface area contributed by atoms with Gasteiger partial charge in [0, 0.05) is 12.5 Å². The van der Waals surface area contributed by atoms with Gasteiger partial charge in [0.15, 0.2) is 0 Å². The smallest absolute Gasteiger partial charge is 0.294 e. The summed E-state index contributed by atoms with van der Waals surface area (Å²) in [4.78, 5) is 25.5. The van der Waals surface area contributed by atoms with E-state index in [1.165, 1.54) is 0 Å². The van der Waals surface area contributed by atoms with Gasteiger partial charge in [-0.3, -0.25) is 14.1 Å². The fourth-order valence-electron chi connectivity index (χ4n) is 5.27. The van der Waals surface area contributed by atoms with Gasteiger partial charge in [-0.2, -0.15) is 8.42 Å². The lowest BCUT2D eigenvalue weighted by molar-refractivity contribution is -0.126. The molecule has 1 heterocycles. The highest BCUT2D eigenvalue weighted by atomic mass is 32.2.